The Morgan fingerprint density at radius 2 is 2.15 bits per heavy atom. The van der Waals surface area contributed by atoms with E-state index in [9.17, 15) is 14.3 Å². The summed E-state index contributed by atoms with van der Waals surface area (Å²) in [4.78, 5) is 14.1. The zero-order valence-corrected chi connectivity index (χ0v) is 11.3. The van der Waals surface area contributed by atoms with Crippen molar-refractivity contribution in [3.8, 4) is 5.75 Å². The molecular weight excluding hydrogens is 263 g/mol. The molecule has 1 saturated heterocycles. The number of rotatable bonds is 5. The zero-order valence-electron chi connectivity index (χ0n) is 11.3. The summed E-state index contributed by atoms with van der Waals surface area (Å²) < 4.78 is 18.7. The molecule has 0 spiro atoms. The van der Waals surface area contributed by atoms with Gasteiger partial charge in [-0.15, -0.1) is 0 Å². The first-order chi connectivity index (χ1) is 9.68. The van der Waals surface area contributed by atoms with E-state index >= 15 is 0 Å². The van der Waals surface area contributed by atoms with E-state index in [1.54, 1.807) is 0 Å². The topological polar surface area (TPSA) is 61.8 Å². The number of halogens is 1. The number of phenolic OH excluding ortho intramolecular Hbond substituents is 1. The number of benzene rings is 1. The second-order valence-electron chi connectivity index (χ2n) is 4.70. The quantitative estimate of drug-likeness (QED) is 0.790. The second-order valence-corrected chi connectivity index (χ2v) is 4.70. The number of nitrogens with one attached hydrogen (secondary N) is 1. The number of amides is 1. The van der Waals surface area contributed by atoms with Gasteiger partial charge in [0.05, 0.1) is 13.2 Å². The van der Waals surface area contributed by atoms with Crippen molar-refractivity contribution in [3.63, 3.8) is 0 Å². The minimum atomic E-state index is -0.712. The van der Waals surface area contributed by atoms with E-state index < -0.39 is 11.7 Å². The third kappa shape index (κ3) is 3.91. The average molecular weight is 282 g/mol. The third-order valence-corrected chi connectivity index (χ3v) is 3.26. The van der Waals surface area contributed by atoms with Gasteiger partial charge in [0.25, 0.3) is 5.91 Å². The first-order valence-corrected chi connectivity index (χ1v) is 6.74. The second kappa shape index (κ2) is 7.21. The van der Waals surface area contributed by atoms with Crippen LogP contribution in [-0.2, 0) is 4.74 Å². The van der Waals surface area contributed by atoms with E-state index in [4.69, 9.17) is 4.74 Å². The van der Waals surface area contributed by atoms with Gasteiger partial charge in [-0.2, -0.15) is 0 Å². The van der Waals surface area contributed by atoms with Gasteiger partial charge in [-0.3, -0.25) is 9.69 Å². The lowest BCUT2D eigenvalue weighted by molar-refractivity contribution is 0.0374. The molecule has 5 nitrogen and oxygen atoms in total. The standard InChI is InChI=1S/C14H19FN2O3/c15-11-3-1-4-12(18)13(11)14(19)16-5-2-6-17-7-9-20-10-8-17/h1,3-4,18H,2,5-10H2,(H,16,19). The van der Waals surface area contributed by atoms with Crippen LogP contribution in [0.4, 0.5) is 4.39 Å². The fourth-order valence-electron chi connectivity index (χ4n) is 2.16. The third-order valence-electron chi connectivity index (χ3n) is 3.26. The van der Waals surface area contributed by atoms with Crippen LogP contribution in [0.2, 0.25) is 0 Å². The van der Waals surface area contributed by atoms with E-state index in [-0.39, 0.29) is 11.3 Å². The van der Waals surface area contributed by atoms with Crippen LogP contribution in [0.15, 0.2) is 18.2 Å². The molecule has 1 aromatic rings. The summed E-state index contributed by atoms with van der Waals surface area (Å²) >= 11 is 0. The lowest BCUT2D eigenvalue weighted by Crippen LogP contribution is -2.38. The van der Waals surface area contributed by atoms with Crippen LogP contribution >= 0.6 is 0 Å². The van der Waals surface area contributed by atoms with Crippen LogP contribution in [0.5, 0.6) is 5.75 Å². The lowest BCUT2D eigenvalue weighted by Gasteiger charge is -2.26. The predicted octanol–water partition coefficient (Wildman–Crippen LogP) is 0.983. The molecule has 20 heavy (non-hydrogen) atoms. The predicted molar refractivity (Wildman–Crippen MR) is 72.3 cm³/mol. The van der Waals surface area contributed by atoms with E-state index in [1.165, 1.54) is 12.1 Å². The van der Waals surface area contributed by atoms with Crippen LogP contribution in [0, 0.1) is 5.82 Å². The zero-order chi connectivity index (χ0) is 14.4. The largest absolute Gasteiger partial charge is 0.507 e. The number of ether oxygens (including phenoxy) is 1. The molecule has 1 fully saturated rings. The molecule has 1 amide bonds. The highest BCUT2D eigenvalue weighted by molar-refractivity contribution is 5.97. The number of nitrogens with zero attached hydrogens (tertiary/aromatic N) is 1. The molecule has 0 radical (unpaired) electrons. The van der Waals surface area contributed by atoms with Gasteiger partial charge in [0.15, 0.2) is 0 Å². The summed E-state index contributed by atoms with van der Waals surface area (Å²) in [6.07, 6.45) is 0.779. The summed E-state index contributed by atoms with van der Waals surface area (Å²) in [5, 5.41) is 12.1. The number of aromatic hydroxyl groups is 1. The maximum absolute atomic E-state index is 13.5. The van der Waals surface area contributed by atoms with Crippen molar-refractivity contribution in [3.05, 3.63) is 29.6 Å². The first kappa shape index (κ1) is 14.7. The minimum Gasteiger partial charge on any atom is -0.507 e. The number of hydrogen-bond donors (Lipinski definition) is 2. The Morgan fingerprint density at radius 1 is 1.40 bits per heavy atom. The highest BCUT2D eigenvalue weighted by Gasteiger charge is 2.16. The van der Waals surface area contributed by atoms with Crippen LogP contribution in [0.25, 0.3) is 0 Å². The number of hydrogen-bond acceptors (Lipinski definition) is 4. The molecule has 1 heterocycles. The van der Waals surface area contributed by atoms with Crippen molar-refractivity contribution in [2.75, 3.05) is 39.4 Å². The van der Waals surface area contributed by atoms with Gasteiger partial charge in [-0.05, 0) is 25.1 Å². The van der Waals surface area contributed by atoms with Gasteiger partial charge in [-0.25, -0.2) is 4.39 Å². The van der Waals surface area contributed by atoms with Gasteiger partial charge >= 0.3 is 0 Å². The SMILES string of the molecule is O=C(NCCCN1CCOCC1)c1c(O)cccc1F. The van der Waals surface area contributed by atoms with Crippen molar-refractivity contribution >= 4 is 5.91 Å². The Balaban J connectivity index is 1.75. The number of carbonyl (C=O) groups is 1. The Labute approximate surface area is 117 Å². The first-order valence-electron chi connectivity index (χ1n) is 6.74. The number of morpholine rings is 1. The van der Waals surface area contributed by atoms with Gasteiger partial charge < -0.3 is 15.2 Å². The maximum Gasteiger partial charge on any atom is 0.258 e. The summed E-state index contributed by atoms with van der Waals surface area (Å²) in [6.45, 7) is 4.62. The van der Waals surface area contributed by atoms with Crippen LogP contribution in [-0.4, -0.2) is 55.3 Å². The summed E-state index contributed by atoms with van der Waals surface area (Å²) in [7, 11) is 0. The Kier molecular flexibility index (Phi) is 5.31. The fraction of sp³-hybridized carbons (Fsp3) is 0.500. The van der Waals surface area contributed by atoms with Crippen LogP contribution < -0.4 is 5.32 Å². The molecule has 1 aliphatic rings. The molecule has 6 heteroatoms. The molecule has 0 aromatic heterocycles. The molecule has 110 valence electrons. The molecular formula is C14H19FN2O3. The van der Waals surface area contributed by atoms with Crippen molar-refractivity contribution < 1.29 is 19.0 Å². The summed E-state index contributed by atoms with van der Waals surface area (Å²) in [5.74, 6) is -1.63. The van der Waals surface area contributed by atoms with Crippen LogP contribution in [0.3, 0.4) is 0 Å². The van der Waals surface area contributed by atoms with Crippen molar-refractivity contribution in [1.29, 1.82) is 0 Å². The molecule has 0 bridgehead atoms. The summed E-state index contributed by atoms with van der Waals surface area (Å²) in [6, 6.07) is 3.81. The van der Waals surface area contributed by atoms with Gasteiger partial charge in [0.1, 0.15) is 17.1 Å². The average Bonchev–Trinajstić information content (AvgIpc) is 2.44. The van der Waals surface area contributed by atoms with Crippen molar-refractivity contribution in [2.24, 2.45) is 0 Å². The van der Waals surface area contributed by atoms with E-state index in [2.05, 4.69) is 10.2 Å². The van der Waals surface area contributed by atoms with Crippen molar-refractivity contribution in [1.82, 2.24) is 10.2 Å². The Bertz CT molecular complexity index is 441. The number of phenols is 1. The van der Waals surface area contributed by atoms with Gasteiger partial charge in [-0.1, -0.05) is 6.07 Å². The maximum atomic E-state index is 13.5. The van der Waals surface area contributed by atoms with E-state index in [0.29, 0.717) is 6.54 Å². The molecule has 0 saturated carbocycles. The molecule has 0 atom stereocenters. The Morgan fingerprint density at radius 3 is 2.85 bits per heavy atom. The van der Waals surface area contributed by atoms with Crippen LogP contribution in [0.1, 0.15) is 16.8 Å². The molecule has 2 rings (SSSR count). The molecule has 1 aromatic carbocycles. The Hall–Kier alpha value is -1.66. The van der Waals surface area contributed by atoms with Gasteiger partial charge in [0, 0.05) is 19.6 Å². The lowest BCUT2D eigenvalue weighted by atomic mass is 10.1. The van der Waals surface area contributed by atoms with Crippen molar-refractivity contribution in [2.45, 2.75) is 6.42 Å². The fourth-order valence-corrected chi connectivity index (χ4v) is 2.16. The summed E-state index contributed by atoms with van der Waals surface area (Å²) in [5.41, 5.74) is -0.293. The molecule has 1 aliphatic heterocycles. The molecule has 2 N–H and O–H groups in total. The highest BCUT2D eigenvalue weighted by atomic mass is 19.1. The highest BCUT2D eigenvalue weighted by Crippen LogP contribution is 2.19. The monoisotopic (exact) mass is 282 g/mol. The molecule has 0 unspecified atom stereocenters. The minimum absolute atomic E-state index is 0.293. The van der Waals surface area contributed by atoms with E-state index in [0.717, 1.165) is 45.3 Å². The van der Waals surface area contributed by atoms with E-state index in [1.807, 2.05) is 0 Å². The smallest absolute Gasteiger partial charge is 0.258 e. The molecule has 0 aliphatic carbocycles. The van der Waals surface area contributed by atoms with Gasteiger partial charge in [0.2, 0.25) is 0 Å². The normalized spacial score (nSPS) is 16.1. The number of carbonyl (C=O) groups excluding carboxylic acids is 1.